The van der Waals surface area contributed by atoms with Gasteiger partial charge in [0.15, 0.2) is 0 Å². The van der Waals surface area contributed by atoms with Gasteiger partial charge in [0.05, 0.1) is 0 Å². The fraction of sp³-hybridized carbons (Fsp3) is 0.333. The minimum Gasteiger partial charge on any atom is -0.326 e. The normalized spacial score (nSPS) is 10.8. The molecule has 0 aliphatic heterocycles. The van der Waals surface area contributed by atoms with Gasteiger partial charge >= 0.3 is 0 Å². The standard InChI is InChI=1S/C15H20FN5/c1-4-21(12-7-5-11(16)6-8-12)15-13(10(2)3)14(20-17)18-9-19-15/h5-10H,4,17H2,1-3H3,(H,18,19,20). The van der Waals surface area contributed by atoms with E-state index in [1.807, 2.05) is 11.8 Å². The number of anilines is 3. The molecule has 1 aromatic heterocycles. The van der Waals surface area contributed by atoms with Crippen molar-refractivity contribution < 1.29 is 4.39 Å². The molecule has 2 rings (SSSR count). The van der Waals surface area contributed by atoms with Gasteiger partial charge in [-0.1, -0.05) is 13.8 Å². The van der Waals surface area contributed by atoms with Crippen molar-refractivity contribution in [2.24, 2.45) is 5.84 Å². The maximum Gasteiger partial charge on any atom is 0.148 e. The molecule has 0 fully saturated rings. The number of rotatable bonds is 5. The van der Waals surface area contributed by atoms with Crippen LogP contribution in [0.4, 0.5) is 21.7 Å². The molecule has 0 saturated heterocycles. The quantitative estimate of drug-likeness (QED) is 0.653. The van der Waals surface area contributed by atoms with Crippen molar-refractivity contribution >= 4 is 17.3 Å². The Morgan fingerprint density at radius 3 is 2.43 bits per heavy atom. The van der Waals surface area contributed by atoms with Crippen LogP contribution in [-0.4, -0.2) is 16.5 Å². The molecule has 0 unspecified atom stereocenters. The van der Waals surface area contributed by atoms with Crippen LogP contribution in [0, 0.1) is 5.82 Å². The van der Waals surface area contributed by atoms with E-state index in [1.54, 1.807) is 12.1 Å². The highest BCUT2D eigenvalue weighted by Gasteiger charge is 2.19. The number of nitrogens with zero attached hydrogens (tertiary/aromatic N) is 3. The van der Waals surface area contributed by atoms with Gasteiger partial charge in [0, 0.05) is 17.8 Å². The van der Waals surface area contributed by atoms with E-state index in [0.717, 1.165) is 17.1 Å². The summed E-state index contributed by atoms with van der Waals surface area (Å²) < 4.78 is 13.1. The summed E-state index contributed by atoms with van der Waals surface area (Å²) in [5.41, 5.74) is 4.43. The molecule has 112 valence electrons. The average Bonchev–Trinajstić information content (AvgIpc) is 2.49. The monoisotopic (exact) mass is 289 g/mol. The molecule has 3 N–H and O–H groups in total. The predicted octanol–water partition coefficient (Wildman–Crippen LogP) is 3.18. The lowest BCUT2D eigenvalue weighted by Gasteiger charge is -2.26. The van der Waals surface area contributed by atoms with Crippen molar-refractivity contribution in [3.63, 3.8) is 0 Å². The lowest BCUT2D eigenvalue weighted by molar-refractivity contribution is 0.627. The van der Waals surface area contributed by atoms with Gasteiger partial charge in [-0.3, -0.25) is 0 Å². The number of benzene rings is 1. The summed E-state index contributed by atoms with van der Waals surface area (Å²) in [6.45, 7) is 6.83. The van der Waals surface area contributed by atoms with Gasteiger partial charge < -0.3 is 10.3 Å². The molecule has 0 radical (unpaired) electrons. The highest BCUT2D eigenvalue weighted by atomic mass is 19.1. The Bertz CT molecular complexity index is 598. The van der Waals surface area contributed by atoms with Crippen LogP contribution in [0.1, 0.15) is 32.3 Å². The number of nitrogen functional groups attached to an aromatic ring is 1. The lowest BCUT2D eigenvalue weighted by Crippen LogP contribution is -2.22. The van der Waals surface area contributed by atoms with Gasteiger partial charge in [-0.15, -0.1) is 0 Å². The second-order valence-corrected chi connectivity index (χ2v) is 4.98. The molecule has 6 heteroatoms. The predicted molar refractivity (Wildman–Crippen MR) is 83.0 cm³/mol. The minimum absolute atomic E-state index is 0.196. The van der Waals surface area contributed by atoms with Crippen molar-refractivity contribution in [3.05, 3.63) is 42.0 Å². The van der Waals surface area contributed by atoms with Crippen LogP contribution in [-0.2, 0) is 0 Å². The van der Waals surface area contributed by atoms with Gasteiger partial charge in [-0.25, -0.2) is 20.2 Å². The Balaban J connectivity index is 2.54. The maximum absolute atomic E-state index is 13.1. The average molecular weight is 289 g/mol. The topological polar surface area (TPSA) is 67.1 Å². The number of halogens is 1. The molecule has 0 bridgehead atoms. The van der Waals surface area contributed by atoms with E-state index in [-0.39, 0.29) is 11.7 Å². The highest BCUT2D eigenvalue weighted by molar-refractivity contribution is 5.68. The van der Waals surface area contributed by atoms with Crippen LogP contribution in [0.2, 0.25) is 0 Å². The molecule has 0 aliphatic rings. The molecule has 0 spiro atoms. The third-order valence-electron chi connectivity index (χ3n) is 3.29. The smallest absolute Gasteiger partial charge is 0.148 e. The van der Waals surface area contributed by atoms with Crippen molar-refractivity contribution in [1.82, 2.24) is 9.97 Å². The summed E-state index contributed by atoms with van der Waals surface area (Å²) >= 11 is 0. The first kappa shape index (κ1) is 15.2. The number of nitrogens with two attached hydrogens (primary N) is 1. The first-order valence-corrected chi connectivity index (χ1v) is 6.93. The zero-order chi connectivity index (χ0) is 15.4. The number of aromatic nitrogens is 2. The van der Waals surface area contributed by atoms with Gasteiger partial charge in [0.1, 0.15) is 23.8 Å². The van der Waals surface area contributed by atoms with E-state index in [0.29, 0.717) is 12.4 Å². The molecule has 21 heavy (non-hydrogen) atoms. The summed E-state index contributed by atoms with van der Waals surface area (Å²) in [7, 11) is 0. The first-order valence-electron chi connectivity index (χ1n) is 6.93. The molecule has 2 aromatic rings. The summed E-state index contributed by atoms with van der Waals surface area (Å²) in [6.07, 6.45) is 1.47. The van der Waals surface area contributed by atoms with Crippen molar-refractivity contribution in [1.29, 1.82) is 0 Å². The van der Waals surface area contributed by atoms with E-state index in [2.05, 4.69) is 29.2 Å². The van der Waals surface area contributed by atoms with E-state index in [1.165, 1.54) is 18.5 Å². The van der Waals surface area contributed by atoms with E-state index >= 15 is 0 Å². The van der Waals surface area contributed by atoms with Crippen LogP contribution in [0.3, 0.4) is 0 Å². The molecule has 0 saturated carbocycles. The van der Waals surface area contributed by atoms with Gasteiger partial charge in [-0.05, 0) is 37.1 Å². The molecule has 0 amide bonds. The van der Waals surface area contributed by atoms with Crippen molar-refractivity contribution in [2.75, 3.05) is 16.9 Å². The second-order valence-electron chi connectivity index (χ2n) is 4.98. The summed E-state index contributed by atoms with van der Waals surface area (Å²) in [5, 5.41) is 0. The Morgan fingerprint density at radius 2 is 1.90 bits per heavy atom. The van der Waals surface area contributed by atoms with Gasteiger partial charge in [0.2, 0.25) is 0 Å². The zero-order valence-electron chi connectivity index (χ0n) is 12.5. The molecular weight excluding hydrogens is 269 g/mol. The SMILES string of the molecule is CCN(c1ccc(F)cc1)c1ncnc(NN)c1C(C)C. The molecule has 0 atom stereocenters. The molecule has 1 aromatic carbocycles. The minimum atomic E-state index is -0.258. The number of hydrazine groups is 1. The molecule has 0 aliphatic carbocycles. The van der Waals surface area contributed by atoms with Crippen molar-refractivity contribution in [2.45, 2.75) is 26.7 Å². The second kappa shape index (κ2) is 6.49. The first-order chi connectivity index (χ1) is 10.1. The summed E-state index contributed by atoms with van der Waals surface area (Å²) in [5.74, 6) is 6.87. The fourth-order valence-corrected chi connectivity index (χ4v) is 2.32. The molecule has 5 nitrogen and oxygen atoms in total. The zero-order valence-corrected chi connectivity index (χ0v) is 12.5. The third-order valence-corrected chi connectivity index (χ3v) is 3.29. The van der Waals surface area contributed by atoms with Crippen LogP contribution < -0.4 is 16.2 Å². The molecule has 1 heterocycles. The van der Waals surface area contributed by atoms with Crippen LogP contribution in [0.5, 0.6) is 0 Å². The van der Waals surface area contributed by atoms with E-state index < -0.39 is 0 Å². The summed E-state index contributed by atoms with van der Waals surface area (Å²) in [6, 6.07) is 6.36. The lowest BCUT2D eigenvalue weighted by atomic mass is 10.0. The number of nitrogens with one attached hydrogen (secondary N) is 1. The Morgan fingerprint density at radius 1 is 1.24 bits per heavy atom. The number of hydrogen-bond donors (Lipinski definition) is 2. The van der Waals surface area contributed by atoms with E-state index in [4.69, 9.17) is 5.84 Å². The number of hydrogen-bond acceptors (Lipinski definition) is 5. The van der Waals surface area contributed by atoms with Gasteiger partial charge in [0.25, 0.3) is 0 Å². The largest absolute Gasteiger partial charge is 0.326 e. The van der Waals surface area contributed by atoms with Crippen molar-refractivity contribution in [3.8, 4) is 0 Å². The van der Waals surface area contributed by atoms with Crippen LogP contribution in [0.15, 0.2) is 30.6 Å². The third kappa shape index (κ3) is 3.11. The van der Waals surface area contributed by atoms with E-state index in [9.17, 15) is 4.39 Å². The Hall–Kier alpha value is -2.21. The fourth-order valence-electron chi connectivity index (χ4n) is 2.32. The maximum atomic E-state index is 13.1. The van der Waals surface area contributed by atoms with Gasteiger partial charge in [-0.2, -0.15) is 0 Å². The van der Waals surface area contributed by atoms with Crippen LogP contribution in [0.25, 0.3) is 0 Å². The highest BCUT2D eigenvalue weighted by Crippen LogP contribution is 2.34. The Labute approximate surface area is 124 Å². The summed E-state index contributed by atoms with van der Waals surface area (Å²) in [4.78, 5) is 10.6. The Kier molecular flexibility index (Phi) is 4.70. The van der Waals surface area contributed by atoms with Crippen LogP contribution >= 0.6 is 0 Å². The molecular formula is C15H20FN5.